The smallest absolute Gasteiger partial charge is 0.220 e. The number of hydrogen-bond acceptors (Lipinski definition) is 4. The average Bonchev–Trinajstić information content (AvgIpc) is 3.23. The van der Waals surface area contributed by atoms with E-state index in [0.717, 1.165) is 29.9 Å². The van der Waals surface area contributed by atoms with Crippen LogP contribution in [0.15, 0.2) is 11.6 Å². The standard InChI is InChI=1S/C18H31N3OS/c1-4-14(3)13-15-7-6-10-21(15)11-8-16(20-17(22)5-2)18-19-9-12-23-18/h9,12,14-16H,4-8,10-11,13H2,1-3H3,(H,20,22)/t14?,15?,16-/m0/s1. The molecule has 0 aromatic carbocycles. The van der Waals surface area contributed by atoms with E-state index in [2.05, 4.69) is 29.0 Å². The fourth-order valence-corrected chi connectivity index (χ4v) is 4.07. The molecule has 3 atom stereocenters. The first-order valence-corrected chi connectivity index (χ1v) is 9.94. The molecule has 0 radical (unpaired) electrons. The van der Waals surface area contributed by atoms with Crippen LogP contribution < -0.4 is 5.32 Å². The summed E-state index contributed by atoms with van der Waals surface area (Å²) >= 11 is 1.64. The third-order valence-corrected chi connectivity index (χ3v) is 5.87. The van der Waals surface area contributed by atoms with Gasteiger partial charge in [-0.05, 0) is 38.1 Å². The van der Waals surface area contributed by atoms with Crippen LogP contribution in [0.2, 0.25) is 0 Å². The van der Waals surface area contributed by atoms with Gasteiger partial charge in [0.1, 0.15) is 5.01 Å². The van der Waals surface area contributed by atoms with Gasteiger partial charge in [-0.2, -0.15) is 0 Å². The van der Waals surface area contributed by atoms with Crippen LogP contribution in [0.5, 0.6) is 0 Å². The quantitative estimate of drug-likeness (QED) is 0.741. The highest BCUT2D eigenvalue weighted by Gasteiger charge is 2.27. The van der Waals surface area contributed by atoms with E-state index in [0.29, 0.717) is 6.42 Å². The molecule has 0 aliphatic carbocycles. The lowest BCUT2D eigenvalue weighted by Crippen LogP contribution is -2.35. The summed E-state index contributed by atoms with van der Waals surface area (Å²) in [6.45, 7) is 8.79. The second kappa shape index (κ2) is 9.38. The van der Waals surface area contributed by atoms with Crippen molar-refractivity contribution in [2.75, 3.05) is 13.1 Å². The number of rotatable bonds is 9. The third kappa shape index (κ3) is 5.57. The van der Waals surface area contributed by atoms with E-state index in [1.807, 2.05) is 18.5 Å². The van der Waals surface area contributed by atoms with Gasteiger partial charge in [0, 0.05) is 30.6 Å². The summed E-state index contributed by atoms with van der Waals surface area (Å²) < 4.78 is 0. The summed E-state index contributed by atoms with van der Waals surface area (Å²) in [5.41, 5.74) is 0. The second-order valence-electron chi connectivity index (χ2n) is 6.71. The van der Waals surface area contributed by atoms with E-state index in [-0.39, 0.29) is 11.9 Å². The molecule has 1 amide bonds. The summed E-state index contributed by atoms with van der Waals surface area (Å²) in [6.07, 6.45) is 8.52. The lowest BCUT2D eigenvalue weighted by Gasteiger charge is -2.28. The minimum absolute atomic E-state index is 0.0623. The van der Waals surface area contributed by atoms with Crippen molar-refractivity contribution in [2.24, 2.45) is 5.92 Å². The van der Waals surface area contributed by atoms with Gasteiger partial charge in [0.25, 0.3) is 0 Å². The van der Waals surface area contributed by atoms with E-state index in [4.69, 9.17) is 0 Å². The fraction of sp³-hybridized carbons (Fsp3) is 0.778. The normalized spacial score (nSPS) is 21.3. The van der Waals surface area contributed by atoms with Gasteiger partial charge in [0.2, 0.25) is 5.91 Å². The molecule has 0 spiro atoms. The first-order valence-electron chi connectivity index (χ1n) is 9.06. The Balaban J connectivity index is 1.90. The molecule has 1 N–H and O–H groups in total. The van der Waals surface area contributed by atoms with Crippen LogP contribution in [-0.4, -0.2) is 34.9 Å². The van der Waals surface area contributed by atoms with Gasteiger partial charge >= 0.3 is 0 Å². The van der Waals surface area contributed by atoms with Gasteiger partial charge in [0.15, 0.2) is 0 Å². The monoisotopic (exact) mass is 337 g/mol. The lowest BCUT2D eigenvalue weighted by atomic mass is 9.97. The van der Waals surface area contributed by atoms with Crippen molar-refractivity contribution in [3.05, 3.63) is 16.6 Å². The highest BCUT2D eigenvalue weighted by Crippen LogP contribution is 2.27. The number of likely N-dealkylation sites (tertiary alicyclic amines) is 1. The Labute approximate surface area is 144 Å². The van der Waals surface area contributed by atoms with Crippen molar-refractivity contribution in [3.63, 3.8) is 0 Å². The molecule has 4 nitrogen and oxygen atoms in total. The number of nitrogens with one attached hydrogen (secondary N) is 1. The lowest BCUT2D eigenvalue weighted by molar-refractivity contribution is -0.121. The molecular weight excluding hydrogens is 306 g/mol. The van der Waals surface area contributed by atoms with Crippen molar-refractivity contribution in [1.29, 1.82) is 0 Å². The number of amides is 1. The molecule has 1 aliphatic rings. The van der Waals surface area contributed by atoms with Crippen LogP contribution in [-0.2, 0) is 4.79 Å². The number of carbonyl (C=O) groups is 1. The first kappa shape index (κ1) is 18.4. The summed E-state index contributed by atoms with van der Waals surface area (Å²) in [7, 11) is 0. The van der Waals surface area contributed by atoms with Gasteiger partial charge in [-0.25, -0.2) is 4.98 Å². The molecular formula is C18H31N3OS. The Morgan fingerprint density at radius 1 is 1.52 bits per heavy atom. The maximum absolute atomic E-state index is 11.8. The topological polar surface area (TPSA) is 45.2 Å². The summed E-state index contributed by atoms with van der Waals surface area (Å²) in [5, 5.41) is 6.16. The van der Waals surface area contributed by atoms with Crippen molar-refractivity contribution in [2.45, 2.75) is 71.4 Å². The predicted molar refractivity (Wildman–Crippen MR) is 96.6 cm³/mol. The van der Waals surface area contributed by atoms with E-state index in [1.165, 1.54) is 32.2 Å². The van der Waals surface area contributed by atoms with Crippen molar-refractivity contribution in [1.82, 2.24) is 15.2 Å². The number of nitrogens with zero attached hydrogens (tertiary/aromatic N) is 2. The largest absolute Gasteiger partial charge is 0.347 e. The number of thiazole rings is 1. The van der Waals surface area contributed by atoms with E-state index in [1.54, 1.807) is 11.3 Å². The maximum atomic E-state index is 11.8. The van der Waals surface area contributed by atoms with Gasteiger partial charge in [-0.3, -0.25) is 4.79 Å². The van der Waals surface area contributed by atoms with Crippen LogP contribution in [0, 0.1) is 5.92 Å². The summed E-state index contributed by atoms with van der Waals surface area (Å²) in [4.78, 5) is 18.9. The summed E-state index contributed by atoms with van der Waals surface area (Å²) in [5.74, 6) is 0.915. The summed E-state index contributed by atoms with van der Waals surface area (Å²) in [6, 6.07) is 0.788. The van der Waals surface area contributed by atoms with E-state index < -0.39 is 0 Å². The van der Waals surface area contributed by atoms with Crippen LogP contribution in [0.25, 0.3) is 0 Å². The van der Waals surface area contributed by atoms with Gasteiger partial charge in [-0.1, -0.05) is 27.2 Å². The number of carbonyl (C=O) groups excluding carboxylic acids is 1. The van der Waals surface area contributed by atoms with E-state index >= 15 is 0 Å². The molecule has 1 fully saturated rings. The first-order chi connectivity index (χ1) is 11.1. The number of hydrogen-bond donors (Lipinski definition) is 1. The highest BCUT2D eigenvalue weighted by molar-refractivity contribution is 7.09. The van der Waals surface area contributed by atoms with E-state index in [9.17, 15) is 4.79 Å². The molecule has 2 unspecified atom stereocenters. The molecule has 0 saturated carbocycles. The Kier molecular flexibility index (Phi) is 7.50. The molecule has 1 aromatic heterocycles. The molecule has 5 heteroatoms. The molecule has 0 bridgehead atoms. The van der Waals surface area contributed by atoms with Crippen LogP contribution >= 0.6 is 11.3 Å². The van der Waals surface area contributed by atoms with Crippen molar-refractivity contribution < 1.29 is 4.79 Å². The zero-order valence-electron chi connectivity index (χ0n) is 14.8. The Morgan fingerprint density at radius 2 is 2.35 bits per heavy atom. The Bertz CT molecular complexity index is 463. The second-order valence-corrected chi connectivity index (χ2v) is 7.64. The molecule has 1 aromatic rings. The minimum atomic E-state index is 0.0623. The maximum Gasteiger partial charge on any atom is 0.220 e. The number of aromatic nitrogens is 1. The zero-order chi connectivity index (χ0) is 16.7. The molecule has 1 aliphatic heterocycles. The SMILES string of the molecule is CCC(=O)N[C@@H](CCN1CCCC1CC(C)CC)c1nccs1. The fourth-order valence-electron chi connectivity index (χ4n) is 3.34. The molecule has 2 rings (SSSR count). The molecule has 1 saturated heterocycles. The molecule has 130 valence electrons. The Morgan fingerprint density at radius 3 is 3.00 bits per heavy atom. The van der Waals surface area contributed by atoms with Gasteiger partial charge in [-0.15, -0.1) is 11.3 Å². The molecule has 2 heterocycles. The Hall–Kier alpha value is -0.940. The predicted octanol–water partition coefficient (Wildman–Crippen LogP) is 4.00. The van der Waals surface area contributed by atoms with Gasteiger partial charge < -0.3 is 10.2 Å². The highest BCUT2D eigenvalue weighted by atomic mass is 32.1. The average molecular weight is 338 g/mol. The van der Waals surface area contributed by atoms with Crippen LogP contribution in [0.4, 0.5) is 0 Å². The zero-order valence-corrected chi connectivity index (χ0v) is 15.6. The molecule has 23 heavy (non-hydrogen) atoms. The van der Waals surface area contributed by atoms with Gasteiger partial charge in [0.05, 0.1) is 6.04 Å². The minimum Gasteiger partial charge on any atom is -0.347 e. The van der Waals surface area contributed by atoms with Crippen molar-refractivity contribution >= 4 is 17.2 Å². The van der Waals surface area contributed by atoms with Crippen LogP contribution in [0.3, 0.4) is 0 Å². The van der Waals surface area contributed by atoms with Crippen LogP contribution in [0.1, 0.15) is 70.3 Å². The third-order valence-electron chi connectivity index (χ3n) is 4.98. The van der Waals surface area contributed by atoms with Crippen molar-refractivity contribution in [3.8, 4) is 0 Å².